The van der Waals surface area contributed by atoms with Gasteiger partial charge in [-0.2, -0.15) is 0 Å². The van der Waals surface area contributed by atoms with Crippen LogP contribution in [0.25, 0.3) is 79.1 Å². The predicted octanol–water partition coefficient (Wildman–Crippen LogP) is 12.4. The van der Waals surface area contributed by atoms with Gasteiger partial charge >= 0.3 is 0 Å². The maximum Gasteiger partial charge on any atom is 0.164 e. The molecule has 2 atom stereocenters. The van der Waals surface area contributed by atoms with Crippen LogP contribution in [0.5, 0.6) is 5.75 Å². The number of fused-ring (bicyclic) bond motifs is 7. The van der Waals surface area contributed by atoms with Crippen LogP contribution in [0.1, 0.15) is 28.8 Å². The van der Waals surface area contributed by atoms with Crippen molar-refractivity contribution in [2.45, 2.75) is 12.0 Å². The Hall–Kier alpha value is -7.37. The summed E-state index contributed by atoms with van der Waals surface area (Å²) in [5, 5.41) is 1.23. The standard InChI is InChI=1S/C51H34N4O/c1-4-13-33(14-5-1)34-23-27-37(28-24-34)50-52-49(36-15-6-2-7-16-36)53-51(54-50)38-29-25-35(26-30-38)40-20-12-22-45-46(40)42-31-32-44-47(48(42)56-45)41-19-10-11-21-43(41)55(44)39-17-8-3-9-18-39/h1-32,42,48H. The summed E-state index contributed by atoms with van der Waals surface area (Å²) in [5.74, 6) is 2.92. The average molecular weight is 719 g/mol. The Balaban J connectivity index is 0.957. The van der Waals surface area contributed by atoms with Crippen molar-refractivity contribution in [3.63, 3.8) is 0 Å². The van der Waals surface area contributed by atoms with Crippen LogP contribution in [-0.4, -0.2) is 19.5 Å². The van der Waals surface area contributed by atoms with E-state index in [9.17, 15) is 0 Å². The van der Waals surface area contributed by atoms with Crippen LogP contribution in [0, 0.1) is 0 Å². The molecule has 2 aliphatic rings. The van der Waals surface area contributed by atoms with Crippen molar-refractivity contribution in [2.75, 3.05) is 0 Å². The molecule has 0 saturated carbocycles. The molecule has 11 rings (SSSR count). The van der Waals surface area contributed by atoms with E-state index in [0.717, 1.165) is 39.3 Å². The van der Waals surface area contributed by atoms with Gasteiger partial charge in [0.1, 0.15) is 11.9 Å². The molecule has 0 fully saturated rings. The van der Waals surface area contributed by atoms with E-state index in [-0.39, 0.29) is 12.0 Å². The van der Waals surface area contributed by atoms with E-state index in [0.29, 0.717) is 17.5 Å². The SMILES string of the molecule is C1=CC2c3c(cccc3-c3ccc(-c4nc(-c5ccccc5)nc(-c5ccc(-c6ccccc6)cc5)n4)cc3)OC2c2c1n(-c1ccccc1)c1ccccc21. The lowest BCUT2D eigenvalue weighted by atomic mass is 9.82. The molecule has 0 bridgehead atoms. The van der Waals surface area contributed by atoms with Crippen LogP contribution >= 0.6 is 0 Å². The van der Waals surface area contributed by atoms with Gasteiger partial charge in [-0.25, -0.2) is 15.0 Å². The molecule has 0 amide bonds. The zero-order valence-electron chi connectivity index (χ0n) is 30.3. The van der Waals surface area contributed by atoms with Crippen LogP contribution in [-0.2, 0) is 0 Å². The molecule has 5 heteroatoms. The maximum atomic E-state index is 6.90. The summed E-state index contributed by atoms with van der Waals surface area (Å²) in [6, 6.07) is 63.2. The van der Waals surface area contributed by atoms with Gasteiger partial charge in [0.15, 0.2) is 17.5 Å². The normalized spacial score (nSPS) is 15.2. The summed E-state index contributed by atoms with van der Waals surface area (Å²) in [7, 11) is 0. The maximum absolute atomic E-state index is 6.90. The second-order valence-corrected chi connectivity index (χ2v) is 14.3. The lowest BCUT2D eigenvalue weighted by molar-refractivity contribution is 0.224. The first kappa shape index (κ1) is 32.1. The van der Waals surface area contributed by atoms with Gasteiger partial charge in [0.25, 0.3) is 0 Å². The van der Waals surface area contributed by atoms with Gasteiger partial charge in [-0.3, -0.25) is 0 Å². The first-order chi connectivity index (χ1) is 27.8. The zero-order valence-corrected chi connectivity index (χ0v) is 30.3. The molecular formula is C51H34N4O. The van der Waals surface area contributed by atoms with Crippen LogP contribution in [0.3, 0.4) is 0 Å². The predicted molar refractivity (Wildman–Crippen MR) is 225 cm³/mol. The molecule has 9 aromatic rings. The number of hydrogen-bond donors (Lipinski definition) is 0. The molecule has 264 valence electrons. The molecular weight excluding hydrogens is 685 g/mol. The third-order valence-electron chi connectivity index (χ3n) is 11.1. The number of aromatic nitrogens is 4. The van der Waals surface area contributed by atoms with E-state index in [4.69, 9.17) is 19.7 Å². The van der Waals surface area contributed by atoms with Gasteiger partial charge in [-0.05, 0) is 52.6 Å². The summed E-state index contributed by atoms with van der Waals surface area (Å²) < 4.78 is 9.26. The van der Waals surface area contributed by atoms with Crippen molar-refractivity contribution in [1.82, 2.24) is 19.5 Å². The quantitative estimate of drug-likeness (QED) is 0.172. The minimum Gasteiger partial charge on any atom is -0.484 e. The van der Waals surface area contributed by atoms with E-state index in [1.165, 1.54) is 38.9 Å². The second kappa shape index (κ2) is 13.2. The molecule has 0 N–H and O–H groups in total. The fraction of sp³-hybridized carbons (Fsp3) is 0.0392. The van der Waals surface area contributed by atoms with Crippen molar-refractivity contribution in [3.8, 4) is 67.9 Å². The highest BCUT2D eigenvalue weighted by Gasteiger charge is 2.41. The van der Waals surface area contributed by atoms with E-state index in [1.54, 1.807) is 0 Å². The Kier molecular flexibility index (Phi) is 7.56. The Morgan fingerprint density at radius 1 is 0.429 bits per heavy atom. The van der Waals surface area contributed by atoms with E-state index in [1.807, 2.05) is 36.4 Å². The number of rotatable bonds is 6. The number of nitrogens with zero attached hydrogens (tertiary/aromatic N) is 4. The average Bonchev–Trinajstić information content (AvgIpc) is 3.83. The Morgan fingerprint density at radius 3 is 1.61 bits per heavy atom. The Bertz CT molecular complexity index is 2920. The molecule has 0 radical (unpaired) electrons. The molecule has 1 aliphatic carbocycles. The Morgan fingerprint density at radius 2 is 0.946 bits per heavy atom. The van der Waals surface area contributed by atoms with Gasteiger partial charge in [0, 0.05) is 44.8 Å². The molecule has 3 heterocycles. The molecule has 7 aromatic carbocycles. The van der Waals surface area contributed by atoms with Crippen molar-refractivity contribution >= 4 is 17.0 Å². The molecule has 5 nitrogen and oxygen atoms in total. The fourth-order valence-corrected chi connectivity index (χ4v) is 8.43. The topological polar surface area (TPSA) is 52.8 Å². The summed E-state index contributed by atoms with van der Waals surface area (Å²) in [6.07, 6.45) is 4.50. The number of ether oxygens (including phenoxy) is 1. The smallest absolute Gasteiger partial charge is 0.164 e. The Labute approximate surface area is 324 Å². The van der Waals surface area contributed by atoms with Crippen molar-refractivity contribution in [1.29, 1.82) is 0 Å². The van der Waals surface area contributed by atoms with Gasteiger partial charge in [-0.15, -0.1) is 0 Å². The van der Waals surface area contributed by atoms with E-state index < -0.39 is 0 Å². The van der Waals surface area contributed by atoms with E-state index in [2.05, 4.69) is 162 Å². The summed E-state index contributed by atoms with van der Waals surface area (Å²) in [6.45, 7) is 0. The summed E-state index contributed by atoms with van der Waals surface area (Å²) in [4.78, 5) is 15.0. The third kappa shape index (κ3) is 5.36. The van der Waals surface area contributed by atoms with Gasteiger partial charge in [0.05, 0.1) is 11.2 Å². The van der Waals surface area contributed by atoms with Gasteiger partial charge in [0.2, 0.25) is 0 Å². The second-order valence-electron chi connectivity index (χ2n) is 14.3. The summed E-state index contributed by atoms with van der Waals surface area (Å²) >= 11 is 0. The van der Waals surface area contributed by atoms with Crippen molar-refractivity contribution in [2.24, 2.45) is 0 Å². The molecule has 2 unspecified atom stereocenters. The first-order valence-corrected chi connectivity index (χ1v) is 19.0. The molecule has 56 heavy (non-hydrogen) atoms. The zero-order chi connectivity index (χ0) is 37.0. The lowest BCUT2D eigenvalue weighted by Crippen LogP contribution is -2.13. The highest BCUT2D eigenvalue weighted by Crippen LogP contribution is 2.55. The minimum atomic E-state index is -0.123. The summed E-state index contributed by atoms with van der Waals surface area (Å²) in [5.41, 5.74) is 13.4. The minimum absolute atomic E-state index is 0.0798. The lowest BCUT2D eigenvalue weighted by Gasteiger charge is -2.23. The molecule has 2 aromatic heterocycles. The molecule has 1 aliphatic heterocycles. The molecule has 0 saturated heterocycles. The highest BCUT2D eigenvalue weighted by molar-refractivity contribution is 5.92. The number of hydrogen-bond acceptors (Lipinski definition) is 4. The van der Waals surface area contributed by atoms with Crippen molar-refractivity contribution in [3.05, 3.63) is 205 Å². The van der Waals surface area contributed by atoms with Crippen LogP contribution in [0.4, 0.5) is 0 Å². The highest BCUT2D eigenvalue weighted by atomic mass is 16.5. The molecule has 0 spiro atoms. The van der Waals surface area contributed by atoms with Crippen molar-refractivity contribution < 1.29 is 4.74 Å². The number of benzene rings is 7. The van der Waals surface area contributed by atoms with Gasteiger partial charge in [-0.1, -0.05) is 164 Å². The largest absolute Gasteiger partial charge is 0.484 e. The third-order valence-corrected chi connectivity index (χ3v) is 11.1. The van der Waals surface area contributed by atoms with Gasteiger partial charge < -0.3 is 9.30 Å². The van der Waals surface area contributed by atoms with Crippen LogP contribution in [0.15, 0.2) is 188 Å². The monoisotopic (exact) mass is 718 g/mol. The van der Waals surface area contributed by atoms with Crippen LogP contribution < -0.4 is 4.74 Å². The first-order valence-electron chi connectivity index (χ1n) is 19.0. The van der Waals surface area contributed by atoms with Crippen LogP contribution in [0.2, 0.25) is 0 Å². The fourth-order valence-electron chi connectivity index (χ4n) is 8.43. The number of para-hydroxylation sites is 2. The van der Waals surface area contributed by atoms with E-state index >= 15 is 0 Å².